The van der Waals surface area contributed by atoms with Gasteiger partial charge in [-0.1, -0.05) is 0 Å². The molecule has 2 aromatic rings. The van der Waals surface area contributed by atoms with Gasteiger partial charge in [0.15, 0.2) is 0 Å². The molecule has 1 amide bonds. The van der Waals surface area contributed by atoms with E-state index in [-0.39, 0.29) is 5.91 Å². The molecule has 2 rings (SSSR count). The number of benzene rings is 1. The van der Waals surface area contributed by atoms with Crippen LogP contribution in [0, 0.1) is 0 Å². The Morgan fingerprint density at radius 1 is 1.28 bits per heavy atom. The molecular weight excluding hydrogens is 248 g/mol. The molecule has 0 bridgehead atoms. The molecule has 5 nitrogen and oxygen atoms in total. The first-order chi connectivity index (χ1) is 8.65. The molecule has 5 N–H and O–H groups in total. The molecule has 0 aliphatic rings. The number of amides is 1. The molecule has 0 unspecified atom stereocenters. The summed E-state index contributed by atoms with van der Waals surface area (Å²) in [4.78, 5) is 16.0. The summed E-state index contributed by atoms with van der Waals surface area (Å²) >= 11 is 1.54. The van der Waals surface area contributed by atoms with Crippen LogP contribution in [0.5, 0.6) is 0 Å². The van der Waals surface area contributed by atoms with E-state index in [9.17, 15) is 4.79 Å². The topological polar surface area (TPSA) is 94.0 Å². The van der Waals surface area contributed by atoms with E-state index >= 15 is 0 Å². The zero-order chi connectivity index (χ0) is 13.0. The van der Waals surface area contributed by atoms with E-state index < -0.39 is 0 Å². The van der Waals surface area contributed by atoms with Gasteiger partial charge in [-0.05, 0) is 18.2 Å². The molecule has 0 saturated heterocycles. The van der Waals surface area contributed by atoms with Gasteiger partial charge in [0.25, 0.3) is 5.91 Å². The molecule has 6 heteroatoms. The van der Waals surface area contributed by atoms with Crippen LogP contribution in [0.1, 0.15) is 16.1 Å². The molecule has 0 aliphatic carbocycles. The van der Waals surface area contributed by atoms with E-state index in [0.717, 1.165) is 5.69 Å². The molecule has 0 atom stereocenters. The Morgan fingerprint density at radius 3 is 2.61 bits per heavy atom. The van der Waals surface area contributed by atoms with Crippen LogP contribution in [0.25, 0.3) is 0 Å². The minimum Gasteiger partial charge on any atom is -0.399 e. The summed E-state index contributed by atoms with van der Waals surface area (Å²) in [7, 11) is 0. The van der Waals surface area contributed by atoms with E-state index in [4.69, 9.17) is 11.5 Å². The van der Waals surface area contributed by atoms with Crippen LogP contribution in [0.2, 0.25) is 0 Å². The van der Waals surface area contributed by atoms with Gasteiger partial charge in [-0.3, -0.25) is 4.79 Å². The SMILES string of the molecule is Nc1cc(N)cc(C(=O)NCCc2cscn2)c1. The van der Waals surface area contributed by atoms with Gasteiger partial charge in [-0.25, -0.2) is 4.98 Å². The number of carbonyl (C=O) groups is 1. The quantitative estimate of drug-likeness (QED) is 0.723. The van der Waals surface area contributed by atoms with Gasteiger partial charge < -0.3 is 16.8 Å². The summed E-state index contributed by atoms with van der Waals surface area (Å²) in [6, 6.07) is 4.83. The molecular formula is C12H14N4OS. The number of hydrogen-bond acceptors (Lipinski definition) is 5. The minimum atomic E-state index is -0.177. The van der Waals surface area contributed by atoms with Gasteiger partial charge >= 0.3 is 0 Å². The lowest BCUT2D eigenvalue weighted by Crippen LogP contribution is -2.25. The highest BCUT2D eigenvalue weighted by Crippen LogP contribution is 2.13. The van der Waals surface area contributed by atoms with Gasteiger partial charge in [0.05, 0.1) is 11.2 Å². The maximum absolute atomic E-state index is 11.8. The van der Waals surface area contributed by atoms with Crippen molar-refractivity contribution in [2.24, 2.45) is 0 Å². The molecule has 18 heavy (non-hydrogen) atoms. The summed E-state index contributed by atoms with van der Waals surface area (Å²) in [6.45, 7) is 0.539. The van der Waals surface area contributed by atoms with Crippen LogP contribution in [-0.4, -0.2) is 17.4 Å². The van der Waals surface area contributed by atoms with Crippen molar-refractivity contribution in [2.45, 2.75) is 6.42 Å². The zero-order valence-electron chi connectivity index (χ0n) is 9.72. The van der Waals surface area contributed by atoms with Crippen molar-refractivity contribution in [3.05, 3.63) is 40.3 Å². The van der Waals surface area contributed by atoms with Gasteiger partial charge in [0, 0.05) is 35.3 Å². The minimum absolute atomic E-state index is 0.177. The van der Waals surface area contributed by atoms with Crippen molar-refractivity contribution >= 4 is 28.6 Å². The molecule has 0 radical (unpaired) electrons. The van der Waals surface area contributed by atoms with Gasteiger partial charge in [0.1, 0.15) is 0 Å². The van der Waals surface area contributed by atoms with Crippen LogP contribution in [0.3, 0.4) is 0 Å². The number of rotatable bonds is 4. The fourth-order valence-electron chi connectivity index (χ4n) is 1.57. The van der Waals surface area contributed by atoms with Crippen LogP contribution < -0.4 is 16.8 Å². The van der Waals surface area contributed by atoms with E-state index in [1.165, 1.54) is 0 Å². The molecule has 0 fully saturated rings. The standard InChI is InChI=1S/C12H14N4OS/c13-9-3-8(4-10(14)5-9)12(17)15-2-1-11-6-18-7-16-11/h3-7H,1-2,13-14H2,(H,15,17). The van der Waals surface area contributed by atoms with E-state index in [2.05, 4.69) is 10.3 Å². The van der Waals surface area contributed by atoms with Crippen LogP contribution >= 0.6 is 11.3 Å². The Kier molecular flexibility index (Phi) is 3.78. The first-order valence-corrected chi connectivity index (χ1v) is 6.41. The van der Waals surface area contributed by atoms with Crippen LogP contribution in [0.4, 0.5) is 11.4 Å². The predicted octanol–water partition coefficient (Wildman–Crippen LogP) is 1.28. The number of carbonyl (C=O) groups excluding carboxylic acids is 1. The van der Waals surface area contributed by atoms with Crippen molar-refractivity contribution < 1.29 is 4.79 Å². The molecule has 0 spiro atoms. The largest absolute Gasteiger partial charge is 0.399 e. The third-order valence-corrected chi connectivity index (χ3v) is 3.03. The molecule has 1 aromatic carbocycles. The van der Waals surface area contributed by atoms with E-state index in [0.29, 0.717) is 29.9 Å². The smallest absolute Gasteiger partial charge is 0.251 e. The fourth-order valence-corrected chi connectivity index (χ4v) is 2.17. The lowest BCUT2D eigenvalue weighted by molar-refractivity contribution is 0.0954. The normalized spacial score (nSPS) is 10.2. The number of thiazole rings is 1. The lowest BCUT2D eigenvalue weighted by Gasteiger charge is -2.06. The molecule has 94 valence electrons. The van der Waals surface area contributed by atoms with Gasteiger partial charge in [0.2, 0.25) is 0 Å². The number of nitrogens with zero attached hydrogens (tertiary/aromatic N) is 1. The maximum atomic E-state index is 11.8. The number of hydrogen-bond donors (Lipinski definition) is 3. The summed E-state index contributed by atoms with van der Waals surface area (Å²) in [5.41, 5.74) is 15.5. The maximum Gasteiger partial charge on any atom is 0.251 e. The molecule has 1 heterocycles. The van der Waals surface area contributed by atoms with E-state index in [1.807, 2.05) is 5.38 Å². The average Bonchev–Trinajstić information content (AvgIpc) is 2.80. The molecule has 0 aliphatic heterocycles. The van der Waals surface area contributed by atoms with Crippen LogP contribution in [0.15, 0.2) is 29.1 Å². The number of nitrogens with one attached hydrogen (secondary N) is 1. The Balaban J connectivity index is 1.91. The highest BCUT2D eigenvalue weighted by Gasteiger charge is 2.06. The lowest BCUT2D eigenvalue weighted by atomic mass is 10.1. The number of aromatic nitrogens is 1. The fraction of sp³-hybridized carbons (Fsp3) is 0.167. The van der Waals surface area contributed by atoms with Gasteiger partial charge in [-0.2, -0.15) is 0 Å². The van der Waals surface area contributed by atoms with Crippen LogP contribution in [-0.2, 0) is 6.42 Å². The third kappa shape index (κ3) is 3.21. The summed E-state index contributed by atoms with van der Waals surface area (Å²) in [5.74, 6) is -0.177. The van der Waals surface area contributed by atoms with Crippen molar-refractivity contribution in [1.29, 1.82) is 0 Å². The number of anilines is 2. The summed E-state index contributed by atoms with van der Waals surface area (Å²) < 4.78 is 0. The molecule has 1 aromatic heterocycles. The Hall–Kier alpha value is -2.08. The Morgan fingerprint density at radius 2 is 2.00 bits per heavy atom. The first-order valence-electron chi connectivity index (χ1n) is 5.46. The van der Waals surface area contributed by atoms with Crippen molar-refractivity contribution in [2.75, 3.05) is 18.0 Å². The van der Waals surface area contributed by atoms with Crippen molar-refractivity contribution in [3.8, 4) is 0 Å². The second kappa shape index (κ2) is 5.50. The van der Waals surface area contributed by atoms with Crippen molar-refractivity contribution in [3.63, 3.8) is 0 Å². The Labute approximate surface area is 109 Å². The van der Waals surface area contributed by atoms with Crippen molar-refractivity contribution in [1.82, 2.24) is 10.3 Å². The second-order valence-corrected chi connectivity index (χ2v) is 4.59. The van der Waals surface area contributed by atoms with Gasteiger partial charge in [-0.15, -0.1) is 11.3 Å². The third-order valence-electron chi connectivity index (χ3n) is 2.39. The Bertz CT molecular complexity index is 519. The summed E-state index contributed by atoms with van der Waals surface area (Å²) in [6.07, 6.45) is 0.715. The highest BCUT2D eigenvalue weighted by atomic mass is 32.1. The second-order valence-electron chi connectivity index (χ2n) is 3.87. The first kappa shape index (κ1) is 12.4. The monoisotopic (exact) mass is 262 g/mol. The molecule has 0 saturated carbocycles. The zero-order valence-corrected chi connectivity index (χ0v) is 10.5. The van der Waals surface area contributed by atoms with E-state index in [1.54, 1.807) is 35.0 Å². The average molecular weight is 262 g/mol. The number of nitrogen functional groups attached to an aromatic ring is 2. The summed E-state index contributed by atoms with van der Waals surface area (Å²) in [5, 5.41) is 4.77. The predicted molar refractivity (Wildman–Crippen MR) is 73.4 cm³/mol. The number of nitrogens with two attached hydrogens (primary N) is 2. The highest BCUT2D eigenvalue weighted by molar-refractivity contribution is 7.07.